The highest BCUT2D eigenvalue weighted by Crippen LogP contribution is 2.34. The van der Waals surface area contributed by atoms with E-state index in [-0.39, 0.29) is 69.0 Å². The van der Waals surface area contributed by atoms with Gasteiger partial charge < -0.3 is 68.0 Å². The van der Waals surface area contributed by atoms with Gasteiger partial charge in [0.05, 0.1) is 60.8 Å². The number of aromatic nitrogens is 6. The van der Waals surface area contributed by atoms with E-state index in [1.54, 1.807) is 0 Å². The molecule has 30 nitrogen and oxygen atoms in total. The Morgan fingerprint density at radius 3 is 1.64 bits per heavy atom. The molecule has 3 heterocycles. The number of aliphatic carboxylic acids is 1. The molecule has 450 valence electrons. The number of aryl methyl sites for hydroxylation is 2. The Kier molecular flexibility index (Phi) is 29.1. The minimum atomic E-state index is -4.44. The molecule has 0 spiro atoms. The third-order valence-electron chi connectivity index (χ3n) is 13.6. The minimum absolute atomic E-state index is 0.0750. The first-order valence-electron chi connectivity index (χ1n) is 26.9. The molecule has 1 aliphatic heterocycles. The third kappa shape index (κ3) is 25.0. The number of likely N-dealkylation sites (tertiary alicyclic amines) is 1. The number of hydrogen-bond acceptors (Lipinski definition) is 18. The van der Waals surface area contributed by atoms with Gasteiger partial charge in [-0.2, -0.15) is 0 Å². The number of unbranched alkanes of at least 4 members (excludes halogenated alkanes) is 3. The van der Waals surface area contributed by atoms with E-state index in [2.05, 4.69) is 41.9 Å². The fourth-order valence-electron chi connectivity index (χ4n) is 8.97. The van der Waals surface area contributed by atoms with E-state index < -0.39 is 142 Å². The summed E-state index contributed by atoms with van der Waals surface area (Å²) in [5.74, 6) is -9.85. The minimum Gasteiger partial charge on any atom is -0.480 e. The number of carboxylic acids is 1. The monoisotopic (exact) mass is 1170 g/mol. The van der Waals surface area contributed by atoms with E-state index >= 15 is 0 Å². The Bertz CT molecular complexity index is 2500. The van der Waals surface area contributed by atoms with Crippen LogP contribution in [0.3, 0.4) is 0 Å². The highest BCUT2D eigenvalue weighted by molar-refractivity contribution is 7.52. The number of carbonyl (C=O) groups is 9. The van der Waals surface area contributed by atoms with Gasteiger partial charge in [0.15, 0.2) is 17.3 Å². The molecule has 1 fully saturated rings. The first-order chi connectivity index (χ1) is 37.6. The van der Waals surface area contributed by atoms with Crippen LogP contribution < -0.4 is 38.5 Å². The van der Waals surface area contributed by atoms with Crippen molar-refractivity contribution >= 4 is 68.0 Å². The zero-order chi connectivity index (χ0) is 59.7. The first-order valence-corrected chi connectivity index (χ1v) is 30.5. The summed E-state index contributed by atoms with van der Waals surface area (Å²) in [4.78, 5) is 161. The third-order valence-corrected chi connectivity index (χ3v) is 15.2. The molecule has 1 aliphatic rings. The molecule has 8 atom stereocenters. The zero-order valence-corrected chi connectivity index (χ0v) is 47.5. The van der Waals surface area contributed by atoms with Gasteiger partial charge in [-0.1, -0.05) is 23.8 Å². The number of hydrogen-bond donors (Lipinski definition) is 12. The van der Waals surface area contributed by atoms with Gasteiger partial charge in [-0.3, -0.25) is 56.8 Å². The molecule has 0 aliphatic carbocycles. The van der Waals surface area contributed by atoms with Crippen LogP contribution in [0.2, 0.25) is 0 Å². The molecule has 5 amide bonds. The average molecular weight is 1170 g/mol. The molecule has 1 saturated heterocycles. The maximum atomic E-state index is 14.3. The van der Waals surface area contributed by atoms with Crippen molar-refractivity contribution < 1.29 is 77.0 Å². The van der Waals surface area contributed by atoms with Gasteiger partial charge in [-0.15, -0.1) is 10.2 Å². The maximum absolute atomic E-state index is 14.3. The molecule has 2 aromatic heterocycles. The number of nitrogens with one attached hydrogen (secondary N) is 4. The normalized spacial score (nSPS) is 16.4. The second kappa shape index (κ2) is 33.9. The van der Waals surface area contributed by atoms with Crippen molar-refractivity contribution in [1.82, 2.24) is 56.2 Å². The number of carboxylic acid groups (broad SMARTS) is 1. The summed E-state index contributed by atoms with van der Waals surface area (Å²) in [5, 5.41) is 36.1. The van der Waals surface area contributed by atoms with Crippen molar-refractivity contribution in [3.63, 3.8) is 0 Å². The molecular formula is C48H82N14O16P2. The molecule has 0 radical (unpaired) electrons. The summed E-state index contributed by atoms with van der Waals surface area (Å²) < 4.78 is 25.4. The van der Waals surface area contributed by atoms with E-state index in [9.17, 15) is 77.0 Å². The number of ketones is 3. The number of rotatable bonds is 40. The first kappa shape index (κ1) is 68.6. The van der Waals surface area contributed by atoms with Crippen molar-refractivity contribution in [2.45, 2.75) is 167 Å². The van der Waals surface area contributed by atoms with Crippen LogP contribution in [0.15, 0.2) is 12.4 Å². The molecule has 3 rings (SSSR count). The molecule has 32 heteroatoms. The predicted molar refractivity (Wildman–Crippen MR) is 286 cm³/mol. The fraction of sp³-hybridized carbons (Fsp3) is 0.729. The Labute approximate surface area is 463 Å². The van der Waals surface area contributed by atoms with Gasteiger partial charge in [0.25, 0.3) is 0 Å². The second-order valence-corrected chi connectivity index (χ2v) is 24.0. The fourth-order valence-corrected chi connectivity index (χ4v) is 9.90. The summed E-state index contributed by atoms with van der Waals surface area (Å²) >= 11 is 0. The van der Waals surface area contributed by atoms with Crippen LogP contribution in [0.5, 0.6) is 0 Å². The lowest BCUT2D eigenvalue weighted by atomic mass is 9.90. The number of nitrogens with zero attached hydrogens (tertiary/aromatic N) is 7. The van der Waals surface area contributed by atoms with Crippen LogP contribution in [-0.4, -0.2) is 181 Å². The van der Waals surface area contributed by atoms with Crippen LogP contribution in [0.1, 0.15) is 122 Å². The Hall–Kier alpha value is -5.71. The number of carbonyl (C=O) groups excluding carboxylic acids is 8. The smallest absolute Gasteiger partial charge is 0.327 e. The molecule has 2 aromatic rings. The summed E-state index contributed by atoms with van der Waals surface area (Å²) in [6, 6.07) is -5.90. The lowest BCUT2D eigenvalue weighted by Crippen LogP contribution is -2.51. The largest absolute Gasteiger partial charge is 0.480 e. The summed E-state index contributed by atoms with van der Waals surface area (Å²) in [6.07, 6.45) is 3.35. The Balaban J connectivity index is 1.91. The van der Waals surface area contributed by atoms with Crippen molar-refractivity contribution in [3.05, 3.63) is 23.8 Å². The van der Waals surface area contributed by atoms with Gasteiger partial charge in [-0.25, -0.2) is 4.79 Å². The van der Waals surface area contributed by atoms with Crippen molar-refractivity contribution in [1.29, 1.82) is 0 Å². The predicted octanol–water partition coefficient (Wildman–Crippen LogP) is -1.80. The van der Waals surface area contributed by atoms with Crippen molar-refractivity contribution in [2.75, 3.05) is 38.5 Å². The zero-order valence-electron chi connectivity index (χ0n) is 45.7. The summed E-state index contributed by atoms with van der Waals surface area (Å²) in [6.45, 7) is 4.83. The molecule has 0 bridgehead atoms. The van der Waals surface area contributed by atoms with Crippen LogP contribution in [0.4, 0.5) is 0 Å². The second-order valence-electron chi connectivity index (χ2n) is 20.4. The van der Waals surface area contributed by atoms with E-state index in [0.717, 1.165) is 9.36 Å². The lowest BCUT2D eigenvalue weighted by molar-refractivity contribution is -0.143. The molecule has 15 N–H and O–H groups in total. The Morgan fingerprint density at radius 1 is 0.625 bits per heavy atom. The van der Waals surface area contributed by atoms with Crippen LogP contribution in [-0.2, 0) is 78.2 Å². The molecule has 80 heavy (non-hydrogen) atoms. The van der Waals surface area contributed by atoms with E-state index in [1.165, 1.54) is 38.1 Å². The number of amides is 5. The van der Waals surface area contributed by atoms with Crippen LogP contribution in [0, 0.1) is 17.8 Å². The molecule has 0 saturated carbocycles. The van der Waals surface area contributed by atoms with Gasteiger partial charge >= 0.3 is 21.2 Å². The van der Waals surface area contributed by atoms with Gasteiger partial charge in [0.1, 0.15) is 12.1 Å². The SMILES string of the molecule is CC(=O)N1CCC[C@H]1C(=O)N[C@@H](CCCCN)C(=O)C[C@@H](Cc1cn(CCP(=O)(O)O)nn1)C(=O)N[C@@H](C)C(=O)C[C@@H](CCCCN)C(=O)N[C@@H](Cc1cn(CCP(=O)(O)O)nn1)C(=O)C[C@@H](C)C(=O)N[C@@H](CCCCN)C(=O)O. The highest BCUT2D eigenvalue weighted by Gasteiger charge is 2.37. The van der Waals surface area contributed by atoms with E-state index in [1.807, 2.05) is 0 Å². The summed E-state index contributed by atoms with van der Waals surface area (Å²) in [7, 11) is -8.87. The van der Waals surface area contributed by atoms with Crippen LogP contribution >= 0.6 is 15.2 Å². The number of Topliss-reactive ketones (excluding diaryl/α,β-unsaturated/α-hetero) is 3. The van der Waals surface area contributed by atoms with Gasteiger partial charge in [-0.05, 0) is 90.8 Å². The topological polar surface area (TPSA) is 480 Å². The van der Waals surface area contributed by atoms with E-state index in [0.29, 0.717) is 71.0 Å². The lowest BCUT2D eigenvalue weighted by Gasteiger charge is -2.26. The quantitative estimate of drug-likeness (QED) is 0.0259. The standard InChI is InChI=1S/C48H82N14O16P2/c1-30(44(67)54-38(48(71)72)13-6-9-17-51)23-42(65)39(27-36-29-61(59-57-36)20-22-80(76,77)78)55-45(68)33(11-4-7-15-49)25-41(64)31(2)52-46(69)34(24-35-28-60(58-56-35)19-21-79(73,74)75)26-43(66)37(12-5-8-16-50)53-47(70)40-14-10-18-62(40)32(3)63/h28-31,33-34,37-40H,4-27,49-51H2,1-3H3,(H,52,69)(H,53,70)(H,54,67)(H,55,68)(H,71,72)(H2,73,74,75)(H2,76,77,78)/t30-,31+,33-,34-,37+,38+,39+,40+/m1/s1. The van der Waals surface area contributed by atoms with Crippen molar-refractivity contribution in [3.8, 4) is 0 Å². The van der Waals surface area contributed by atoms with E-state index in [4.69, 9.17) is 17.2 Å². The maximum Gasteiger partial charge on any atom is 0.327 e. The molecule has 0 aromatic carbocycles. The van der Waals surface area contributed by atoms with Gasteiger partial charge in [0.2, 0.25) is 29.5 Å². The van der Waals surface area contributed by atoms with Crippen LogP contribution in [0.25, 0.3) is 0 Å². The molecule has 0 unspecified atom stereocenters. The Morgan fingerprint density at radius 2 is 1.11 bits per heavy atom. The van der Waals surface area contributed by atoms with Gasteiger partial charge in [0, 0.05) is 69.8 Å². The number of nitrogens with two attached hydrogens (primary N) is 3. The van der Waals surface area contributed by atoms with Crippen molar-refractivity contribution in [2.24, 2.45) is 35.0 Å². The highest BCUT2D eigenvalue weighted by atomic mass is 31.2. The average Bonchev–Trinajstić information content (AvgIpc) is 4.18. The molecular weight excluding hydrogens is 1090 g/mol. The summed E-state index contributed by atoms with van der Waals surface area (Å²) in [5.41, 5.74) is 17.3.